The Morgan fingerprint density at radius 1 is 1.09 bits per heavy atom. The molecule has 0 saturated carbocycles. The second-order valence-electron chi connectivity index (χ2n) is 7.06. The van der Waals surface area contributed by atoms with Crippen LogP contribution in [0.1, 0.15) is 26.3 Å². The lowest BCUT2D eigenvalue weighted by Gasteiger charge is -2.04. The molecule has 0 spiro atoms. The van der Waals surface area contributed by atoms with Gasteiger partial charge < -0.3 is 20.5 Å². The van der Waals surface area contributed by atoms with Gasteiger partial charge in [0.25, 0.3) is 5.91 Å². The molecule has 1 amide bonds. The number of methoxy groups -OCH3 is 2. The molecular weight excluding hydrogens is 424 g/mol. The van der Waals surface area contributed by atoms with Crippen LogP contribution in [0.15, 0.2) is 53.6 Å². The molecule has 4 aromatic rings. The Morgan fingerprint density at radius 3 is 2.45 bits per heavy atom. The van der Waals surface area contributed by atoms with E-state index in [1.54, 1.807) is 37.6 Å². The third-order valence-electron chi connectivity index (χ3n) is 4.95. The molecule has 0 fully saturated rings. The van der Waals surface area contributed by atoms with E-state index in [9.17, 15) is 9.59 Å². The van der Waals surface area contributed by atoms with Gasteiger partial charge in [0, 0.05) is 13.7 Å². The Morgan fingerprint density at radius 2 is 1.79 bits per heavy atom. The first kappa shape index (κ1) is 21.9. The number of nitrogens with zero attached hydrogens (tertiary/aromatic N) is 4. The first-order valence-corrected chi connectivity index (χ1v) is 10.1. The van der Waals surface area contributed by atoms with Crippen LogP contribution in [0.25, 0.3) is 22.2 Å². The van der Waals surface area contributed by atoms with Gasteiger partial charge in [0.15, 0.2) is 5.65 Å². The standard InChI is InChI=1S/C23H22N6O4/c1-32-12-11-25-22(30)18-19-21(28-17-6-4-3-5-16(17)27-19)29(20(18)24)26-13-14-7-9-15(10-8-14)23(31)33-2/h3-10,13H,11-12,24H2,1-2H3,(H,25,30)/b26-13-. The molecule has 168 valence electrons. The highest BCUT2D eigenvalue weighted by Crippen LogP contribution is 2.27. The molecule has 0 aliphatic heterocycles. The number of carbonyl (C=O) groups is 2. The van der Waals surface area contributed by atoms with Crippen LogP contribution < -0.4 is 11.1 Å². The number of para-hydroxylation sites is 2. The highest BCUT2D eigenvalue weighted by atomic mass is 16.5. The predicted octanol–water partition coefficient (Wildman–Crippen LogP) is 2.21. The molecule has 0 unspecified atom stereocenters. The summed E-state index contributed by atoms with van der Waals surface area (Å²) in [5, 5.41) is 7.22. The number of carbonyl (C=O) groups excluding carboxylic acids is 2. The fraction of sp³-hybridized carbons (Fsp3) is 0.174. The van der Waals surface area contributed by atoms with Crippen molar-refractivity contribution in [3.63, 3.8) is 0 Å². The van der Waals surface area contributed by atoms with Gasteiger partial charge in [0.05, 0.1) is 36.5 Å². The van der Waals surface area contributed by atoms with Gasteiger partial charge in [-0.1, -0.05) is 24.3 Å². The fourth-order valence-corrected chi connectivity index (χ4v) is 3.29. The van der Waals surface area contributed by atoms with Crippen LogP contribution in [0.4, 0.5) is 5.82 Å². The number of ether oxygens (including phenoxy) is 2. The number of amides is 1. The summed E-state index contributed by atoms with van der Waals surface area (Å²) in [6, 6.07) is 14.0. The van der Waals surface area contributed by atoms with Crippen LogP contribution in [-0.4, -0.2) is 60.1 Å². The van der Waals surface area contributed by atoms with Gasteiger partial charge in [-0.05, 0) is 29.8 Å². The number of aromatic nitrogens is 3. The summed E-state index contributed by atoms with van der Waals surface area (Å²) in [6.07, 6.45) is 1.56. The Balaban J connectivity index is 1.79. The monoisotopic (exact) mass is 446 g/mol. The number of nitrogens with one attached hydrogen (secondary N) is 1. The Bertz CT molecular complexity index is 1360. The largest absolute Gasteiger partial charge is 0.465 e. The zero-order valence-electron chi connectivity index (χ0n) is 18.1. The molecule has 0 radical (unpaired) electrons. The number of hydrogen-bond donors (Lipinski definition) is 2. The average molecular weight is 446 g/mol. The second kappa shape index (κ2) is 9.45. The summed E-state index contributed by atoms with van der Waals surface area (Å²) >= 11 is 0. The Hall–Kier alpha value is -4.31. The lowest BCUT2D eigenvalue weighted by Crippen LogP contribution is -2.27. The van der Waals surface area contributed by atoms with E-state index in [2.05, 4.69) is 20.4 Å². The van der Waals surface area contributed by atoms with E-state index in [1.807, 2.05) is 24.3 Å². The molecule has 0 saturated heterocycles. The van der Waals surface area contributed by atoms with Crippen molar-refractivity contribution in [2.45, 2.75) is 0 Å². The maximum absolute atomic E-state index is 12.9. The molecule has 0 aliphatic carbocycles. The van der Waals surface area contributed by atoms with Crippen molar-refractivity contribution in [2.75, 3.05) is 33.1 Å². The first-order valence-electron chi connectivity index (χ1n) is 10.1. The van der Waals surface area contributed by atoms with Gasteiger partial charge in [-0.15, -0.1) is 0 Å². The minimum absolute atomic E-state index is 0.109. The van der Waals surface area contributed by atoms with Crippen LogP contribution in [-0.2, 0) is 9.47 Å². The van der Waals surface area contributed by atoms with Gasteiger partial charge in [0.1, 0.15) is 16.9 Å². The molecule has 10 nitrogen and oxygen atoms in total. The van der Waals surface area contributed by atoms with E-state index in [-0.39, 0.29) is 11.4 Å². The number of anilines is 1. The van der Waals surface area contributed by atoms with Gasteiger partial charge in [-0.25, -0.2) is 14.8 Å². The summed E-state index contributed by atoms with van der Waals surface area (Å²) in [5.74, 6) is -0.710. The van der Waals surface area contributed by atoms with E-state index in [0.29, 0.717) is 46.5 Å². The molecule has 0 bridgehead atoms. The number of rotatable bonds is 7. The normalized spacial score (nSPS) is 11.3. The first-order chi connectivity index (χ1) is 16.0. The highest BCUT2D eigenvalue weighted by molar-refractivity contribution is 6.10. The minimum Gasteiger partial charge on any atom is -0.465 e. The number of hydrogen-bond acceptors (Lipinski definition) is 8. The lowest BCUT2D eigenvalue weighted by atomic mass is 10.1. The van der Waals surface area contributed by atoms with Crippen molar-refractivity contribution in [1.82, 2.24) is 20.0 Å². The van der Waals surface area contributed by atoms with Gasteiger partial charge in [0.2, 0.25) is 0 Å². The summed E-state index contributed by atoms with van der Waals surface area (Å²) < 4.78 is 11.1. The van der Waals surface area contributed by atoms with E-state index in [1.165, 1.54) is 11.8 Å². The summed E-state index contributed by atoms with van der Waals surface area (Å²) in [4.78, 5) is 33.8. The van der Waals surface area contributed by atoms with Gasteiger partial charge in [-0.3, -0.25) is 4.79 Å². The van der Waals surface area contributed by atoms with Crippen LogP contribution in [0.3, 0.4) is 0 Å². The molecule has 0 aliphatic rings. The van der Waals surface area contributed by atoms with Crippen LogP contribution in [0, 0.1) is 0 Å². The van der Waals surface area contributed by atoms with Gasteiger partial charge >= 0.3 is 5.97 Å². The molecule has 2 heterocycles. The predicted molar refractivity (Wildman–Crippen MR) is 124 cm³/mol. The zero-order valence-corrected chi connectivity index (χ0v) is 18.1. The van der Waals surface area contributed by atoms with E-state index in [4.69, 9.17) is 15.2 Å². The van der Waals surface area contributed by atoms with Crippen molar-refractivity contribution in [1.29, 1.82) is 0 Å². The van der Waals surface area contributed by atoms with Crippen molar-refractivity contribution in [3.8, 4) is 0 Å². The summed E-state index contributed by atoms with van der Waals surface area (Å²) in [5.41, 5.74) is 9.65. The van der Waals surface area contributed by atoms with Crippen molar-refractivity contribution in [3.05, 3.63) is 65.2 Å². The van der Waals surface area contributed by atoms with Crippen molar-refractivity contribution < 1.29 is 19.1 Å². The smallest absolute Gasteiger partial charge is 0.337 e. The molecule has 10 heteroatoms. The molecule has 3 N–H and O–H groups in total. The van der Waals surface area contributed by atoms with E-state index >= 15 is 0 Å². The van der Waals surface area contributed by atoms with E-state index < -0.39 is 11.9 Å². The maximum Gasteiger partial charge on any atom is 0.337 e. The molecular formula is C23H22N6O4. The minimum atomic E-state index is -0.426. The number of fused-ring (bicyclic) bond motifs is 2. The summed E-state index contributed by atoms with van der Waals surface area (Å²) in [7, 11) is 2.88. The molecule has 2 aromatic heterocycles. The van der Waals surface area contributed by atoms with Gasteiger partial charge in [-0.2, -0.15) is 9.78 Å². The number of esters is 1. The topological polar surface area (TPSA) is 134 Å². The molecule has 33 heavy (non-hydrogen) atoms. The van der Waals surface area contributed by atoms with Crippen LogP contribution in [0.2, 0.25) is 0 Å². The number of nitrogen functional groups attached to an aromatic ring is 1. The fourth-order valence-electron chi connectivity index (χ4n) is 3.29. The SMILES string of the molecule is COCCNC(=O)c1c(N)n(/N=C\c2ccc(C(=O)OC)cc2)c2nc3ccccc3nc12. The lowest BCUT2D eigenvalue weighted by molar-refractivity contribution is 0.0600. The van der Waals surface area contributed by atoms with Crippen molar-refractivity contribution >= 4 is 46.1 Å². The highest BCUT2D eigenvalue weighted by Gasteiger charge is 2.23. The zero-order chi connectivity index (χ0) is 23.4. The second-order valence-corrected chi connectivity index (χ2v) is 7.06. The molecule has 2 aromatic carbocycles. The number of benzene rings is 2. The summed E-state index contributed by atoms with van der Waals surface area (Å²) in [6.45, 7) is 0.677. The molecule has 0 atom stereocenters. The Labute approximate surface area is 189 Å². The quantitative estimate of drug-likeness (QED) is 0.252. The maximum atomic E-state index is 12.9. The Kier molecular flexibility index (Phi) is 6.27. The third-order valence-corrected chi connectivity index (χ3v) is 4.95. The van der Waals surface area contributed by atoms with Crippen LogP contribution >= 0.6 is 0 Å². The number of nitrogens with two attached hydrogens (primary N) is 1. The van der Waals surface area contributed by atoms with Crippen LogP contribution in [0.5, 0.6) is 0 Å². The van der Waals surface area contributed by atoms with Crippen molar-refractivity contribution in [2.24, 2.45) is 5.10 Å². The van der Waals surface area contributed by atoms with E-state index in [0.717, 1.165) is 0 Å². The third kappa shape index (κ3) is 4.37. The average Bonchev–Trinajstić information content (AvgIpc) is 3.11. The molecule has 4 rings (SSSR count).